The summed E-state index contributed by atoms with van der Waals surface area (Å²) in [6.07, 6.45) is 0.873. The van der Waals surface area contributed by atoms with E-state index in [-0.39, 0.29) is 11.3 Å². The number of aryl methyl sites for hydroxylation is 3. The first kappa shape index (κ1) is 21.7. The van der Waals surface area contributed by atoms with Crippen LogP contribution in [0.1, 0.15) is 40.9 Å². The van der Waals surface area contributed by atoms with E-state index in [0.717, 1.165) is 39.7 Å². The maximum absolute atomic E-state index is 13.4. The third-order valence-electron chi connectivity index (χ3n) is 6.61. The van der Waals surface area contributed by atoms with Gasteiger partial charge >= 0.3 is 0 Å². The van der Waals surface area contributed by atoms with Crippen LogP contribution in [-0.2, 0) is 16.0 Å². The molecule has 1 aliphatic rings. The molecule has 4 aromatic rings. The van der Waals surface area contributed by atoms with E-state index in [9.17, 15) is 14.7 Å². The molecular weight excluding hydrogens is 424 g/mol. The number of hydrogen-bond acceptors (Lipinski definition) is 3. The van der Waals surface area contributed by atoms with Crippen LogP contribution in [0.15, 0.2) is 78.4 Å². The number of para-hydroxylation sites is 1. The van der Waals surface area contributed by atoms with Gasteiger partial charge in [0, 0.05) is 33.4 Å². The molecule has 1 unspecified atom stereocenters. The van der Waals surface area contributed by atoms with Crippen LogP contribution in [0, 0.1) is 13.8 Å². The summed E-state index contributed by atoms with van der Waals surface area (Å²) in [5.41, 5.74) is 5.97. The molecule has 0 saturated carbocycles. The number of aliphatic hydroxyl groups is 1. The van der Waals surface area contributed by atoms with Crippen molar-refractivity contribution in [2.75, 3.05) is 4.90 Å². The highest BCUT2D eigenvalue weighted by molar-refractivity contribution is 6.52. The van der Waals surface area contributed by atoms with Gasteiger partial charge < -0.3 is 10.1 Å². The van der Waals surface area contributed by atoms with Gasteiger partial charge in [-0.3, -0.25) is 14.5 Å². The predicted molar refractivity (Wildman–Crippen MR) is 135 cm³/mol. The number of aromatic amines is 1. The fourth-order valence-electron chi connectivity index (χ4n) is 4.78. The van der Waals surface area contributed by atoms with Crippen molar-refractivity contribution in [3.63, 3.8) is 0 Å². The normalized spacial score (nSPS) is 17.6. The van der Waals surface area contributed by atoms with Gasteiger partial charge in [-0.15, -0.1) is 0 Å². The molecule has 2 heterocycles. The van der Waals surface area contributed by atoms with Crippen LogP contribution in [0.25, 0.3) is 16.7 Å². The fourth-order valence-corrected chi connectivity index (χ4v) is 4.78. The van der Waals surface area contributed by atoms with Crippen molar-refractivity contribution >= 4 is 34.0 Å². The average Bonchev–Trinajstić information content (AvgIpc) is 3.31. The minimum absolute atomic E-state index is 0.0984. The highest BCUT2D eigenvalue weighted by Gasteiger charge is 2.48. The molecule has 1 fully saturated rings. The van der Waals surface area contributed by atoms with Gasteiger partial charge in [0.1, 0.15) is 5.76 Å². The summed E-state index contributed by atoms with van der Waals surface area (Å²) in [5.74, 6) is -1.50. The fraction of sp³-hybridized carbons (Fsp3) is 0.172. The minimum atomic E-state index is -0.759. The second kappa shape index (κ2) is 8.34. The number of nitrogens with one attached hydrogen (secondary N) is 1. The molecule has 1 aliphatic heterocycles. The summed E-state index contributed by atoms with van der Waals surface area (Å²) >= 11 is 0. The number of ketones is 1. The molecule has 170 valence electrons. The van der Waals surface area contributed by atoms with Gasteiger partial charge in [-0.05, 0) is 44.0 Å². The number of hydrogen-bond donors (Lipinski definition) is 2. The maximum Gasteiger partial charge on any atom is 0.300 e. The first-order valence-electron chi connectivity index (χ1n) is 11.4. The molecule has 0 radical (unpaired) electrons. The molecular formula is C29H26N2O3. The Balaban J connectivity index is 1.79. The van der Waals surface area contributed by atoms with Crippen LogP contribution >= 0.6 is 0 Å². The second-order valence-electron chi connectivity index (χ2n) is 8.76. The zero-order chi connectivity index (χ0) is 24.0. The number of anilines is 1. The molecule has 5 nitrogen and oxygen atoms in total. The molecule has 5 rings (SSSR count). The number of benzene rings is 3. The van der Waals surface area contributed by atoms with E-state index in [1.54, 1.807) is 12.1 Å². The highest BCUT2D eigenvalue weighted by atomic mass is 16.3. The molecule has 0 aliphatic carbocycles. The molecule has 5 heteroatoms. The molecule has 0 bridgehead atoms. The topological polar surface area (TPSA) is 73.4 Å². The van der Waals surface area contributed by atoms with Gasteiger partial charge in [-0.25, -0.2) is 0 Å². The lowest BCUT2D eigenvalue weighted by molar-refractivity contribution is -0.132. The quantitative estimate of drug-likeness (QED) is 0.228. The van der Waals surface area contributed by atoms with Crippen LogP contribution < -0.4 is 4.90 Å². The molecule has 1 aromatic heterocycles. The Morgan fingerprint density at radius 3 is 2.29 bits per heavy atom. The van der Waals surface area contributed by atoms with Crippen LogP contribution in [0.5, 0.6) is 0 Å². The number of nitrogens with zero attached hydrogens (tertiary/aromatic N) is 1. The number of aliphatic hydroxyl groups excluding tert-OH is 1. The molecule has 0 spiro atoms. The number of Topliss-reactive ketones (excluding diaryl/α,β-unsaturated/α-hetero) is 1. The summed E-state index contributed by atoms with van der Waals surface area (Å²) < 4.78 is 0. The molecule has 2 N–H and O–H groups in total. The number of carbonyl (C=O) groups is 2. The van der Waals surface area contributed by atoms with Gasteiger partial charge in [0.2, 0.25) is 0 Å². The van der Waals surface area contributed by atoms with Crippen LogP contribution in [0.4, 0.5) is 5.69 Å². The number of H-pyrrole nitrogens is 1. The largest absolute Gasteiger partial charge is 0.507 e. The Labute approximate surface area is 198 Å². The lowest BCUT2D eigenvalue weighted by atomic mass is 9.93. The Morgan fingerprint density at radius 2 is 1.62 bits per heavy atom. The number of amides is 1. The van der Waals surface area contributed by atoms with Crippen molar-refractivity contribution in [1.82, 2.24) is 4.98 Å². The van der Waals surface area contributed by atoms with Crippen LogP contribution in [0.2, 0.25) is 0 Å². The van der Waals surface area contributed by atoms with Crippen molar-refractivity contribution < 1.29 is 14.7 Å². The summed E-state index contributed by atoms with van der Waals surface area (Å²) in [6, 6.07) is 22.0. The Bertz CT molecular complexity index is 1440. The molecule has 1 amide bonds. The van der Waals surface area contributed by atoms with Crippen molar-refractivity contribution in [2.24, 2.45) is 0 Å². The molecule has 34 heavy (non-hydrogen) atoms. The Hall–Kier alpha value is -4.12. The summed E-state index contributed by atoms with van der Waals surface area (Å²) in [7, 11) is 0. The van der Waals surface area contributed by atoms with Gasteiger partial charge in [-0.2, -0.15) is 0 Å². The number of fused-ring (bicyclic) bond motifs is 1. The van der Waals surface area contributed by atoms with E-state index in [1.165, 1.54) is 4.90 Å². The Morgan fingerprint density at radius 1 is 0.941 bits per heavy atom. The standard InChI is InChI=1S/C29H26N2O3/c1-4-19-11-15-21(16-12-19)31-26(24-18(3)30-23-8-6-5-7-22(23)24)25(28(33)29(31)34)27(32)20-13-9-17(2)10-14-20/h5-16,26,30,32H,4H2,1-3H3/b27-25+. The average molecular weight is 451 g/mol. The van der Waals surface area contributed by atoms with Crippen molar-refractivity contribution in [1.29, 1.82) is 0 Å². The van der Waals surface area contributed by atoms with E-state index in [2.05, 4.69) is 11.9 Å². The predicted octanol–water partition coefficient (Wildman–Crippen LogP) is 5.97. The zero-order valence-corrected chi connectivity index (χ0v) is 19.4. The van der Waals surface area contributed by atoms with Gasteiger partial charge in [-0.1, -0.05) is 67.1 Å². The third-order valence-corrected chi connectivity index (χ3v) is 6.61. The van der Waals surface area contributed by atoms with E-state index in [0.29, 0.717) is 11.3 Å². The van der Waals surface area contributed by atoms with E-state index >= 15 is 0 Å². The first-order chi connectivity index (χ1) is 16.4. The molecule has 1 saturated heterocycles. The van der Waals surface area contributed by atoms with Gasteiger partial charge in [0.05, 0.1) is 11.6 Å². The van der Waals surface area contributed by atoms with Crippen molar-refractivity contribution in [3.05, 3.63) is 106 Å². The lowest BCUT2D eigenvalue weighted by Crippen LogP contribution is -2.29. The van der Waals surface area contributed by atoms with E-state index in [1.807, 2.05) is 74.5 Å². The zero-order valence-electron chi connectivity index (χ0n) is 19.4. The highest BCUT2D eigenvalue weighted by Crippen LogP contribution is 2.45. The lowest BCUT2D eigenvalue weighted by Gasteiger charge is -2.26. The minimum Gasteiger partial charge on any atom is -0.507 e. The number of carbonyl (C=O) groups excluding carboxylic acids is 2. The first-order valence-corrected chi connectivity index (χ1v) is 11.4. The van der Waals surface area contributed by atoms with Crippen molar-refractivity contribution in [3.8, 4) is 0 Å². The summed E-state index contributed by atoms with van der Waals surface area (Å²) in [5, 5.41) is 12.3. The van der Waals surface area contributed by atoms with E-state index < -0.39 is 17.7 Å². The van der Waals surface area contributed by atoms with Crippen LogP contribution in [-0.4, -0.2) is 21.8 Å². The third kappa shape index (κ3) is 3.41. The number of aromatic nitrogens is 1. The number of rotatable bonds is 4. The van der Waals surface area contributed by atoms with Crippen LogP contribution in [0.3, 0.4) is 0 Å². The van der Waals surface area contributed by atoms with Gasteiger partial charge in [0.15, 0.2) is 0 Å². The monoisotopic (exact) mass is 450 g/mol. The summed E-state index contributed by atoms with van der Waals surface area (Å²) in [4.78, 5) is 31.8. The Kier molecular flexibility index (Phi) is 5.33. The molecule has 1 atom stereocenters. The smallest absolute Gasteiger partial charge is 0.300 e. The summed E-state index contributed by atoms with van der Waals surface area (Å²) in [6.45, 7) is 5.96. The second-order valence-corrected chi connectivity index (χ2v) is 8.76. The van der Waals surface area contributed by atoms with E-state index in [4.69, 9.17) is 0 Å². The maximum atomic E-state index is 13.4. The van der Waals surface area contributed by atoms with Crippen molar-refractivity contribution in [2.45, 2.75) is 33.2 Å². The SMILES string of the molecule is CCc1ccc(N2C(=O)C(=O)/C(=C(/O)c3ccc(C)cc3)C2c2c(C)[nH]c3ccccc23)cc1. The molecule has 3 aromatic carbocycles. The van der Waals surface area contributed by atoms with Gasteiger partial charge in [0.25, 0.3) is 11.7 Å².